The SMILES string of the molecule is C=C(Cl)CN(C)CC(O)COCCOC(C)C. The highest BCUT2D eigenvalue weighted by molar-refractivity contribution is 6.29. The topological polar surface area (TPSA) is 41.9 Å². The summed E-state index contributed by atoms with van der Waals surface area (Å²) >= 11 is 5.67. The summed E-state index contributed by atoms with van der Waals surface area (Å²) in [5.41, 5.74) is 0. The molecule has 1 N–H and O–H groups in total. The number of hydrogen-bond acceptors (Lipinski definition) is 4. The molecule has 0 bridgehead atoms. The molecule has 0 fully saturated rings. The van der Waals surface area contributed by atoms with Gasteiger partial charge < -0.3 is 14.6 Å². The van der Waals surface area contributed by atoms with Crippen molar-refractivity contribution >= 4 is 11.6 Å². The normalized spacial score (nSPS) is 13.4. The molecule has 0 aliphatic rings. The molecule has 0 spiro atoms. The smallest absolute Gasteiger partial charge is 0.0900 e. The van der Waals surface area contributed by atoms with Gasteiger partial charge in [-0.2, -0.15) is 0 Å². The van der Waals surface area contributed by atoms with Crippen molar-refractivity contribution in [2.45, 2.75) is 26.1 Å². The van der Waals surface area contributed by atoms with Gasteiger partial charge in [0, 0.05) is 18.1 Å². The van der Waals surface area contributed by atoms with Crippen LogP contribution >= 0.6 is 11.6 Å². The van der Waals surface area contributed by atoms with Gasteiger partial charge in [-0.15, -0.1) is 0 Å². The van der Waals surface area contributed by atoms with Crippen molar-refractivity contribution in [3.8, 4) is 0 Å². The van der Waals surface area contributed by atoms with Crippen molar-refractivity contribution < 1.29 is 14.6 Å². The third kappa shape index (κ3) is 12.1. The number of halogens is 1. The van der Waals surface area contributed by atoms with E-state index >= 15 is 0 Å². The summed E-state index contributed by atoms with van der Waals surface area (Å²) in [5, 5.41) is 10.2. The van der Waals surface area contributed by atoms with Crippen molar-refractivity contribution in [2.75, 3.05) is 40.0 Å². The maximum absolute atomic E-state index is 9.66. The molecule has 17 heavy (non-hydrogen) atoms. The van der Waals surface area contributed by atoms with E-state index in [4.69, 9.17) is 21.1 Å². The van der Waals surface area contributed by atoms with Crippen molar-refractivity contribution in [2.24, 2.45) is 0 Å². The van der Waals surface area contributed by atoms with Gasteiger partial charge in [0.1, 0.15) is 0 Å². The Balaban J connectivity index is 3.45. The summed E-state index contributed by atoms with van der Waals surface area (Å²) in [6.45, 7) is 9.99. The van der Waals surface area contributed by atoms with Gasteiger partial charge in [0.05, 0.1) is 32.0 Å². The molecule has 0 amide bonds. The van der Waals surface area contributed by atoms with E-state index in [9.17, 15) is 5.11 Å². The zero-order chi connectivity index (χ0) is 13.3. The predicted octanol–water partition coefficient (Wildman–Crippen LogP) is 1.47. The predicted molar refractivity (Wildman–Crippen MR) is 70.4 cm³/mol. The summed E-state index contributed by atoms with van der Waals surface area (Å²) in [6.07, 6.45) is -0.306. The van der Waals surface area contributed by atoms with Crippen LogP contribution in [0, 0.1) is 0 Å². The van der Waals surface area contributed by atoms with Gasteiger partial charge in [-0.25, -0.2) is 0 Å². The van der Waals surface area contributed by atoms with Crippen molar-refractivity contribution in [1.82, 2.24) is 4.90 Å². The molecule has 0 aliphatic carbocycles. The molecular formula is C12H24ClNO3. The fourth-order valence-electron chi connectivity index (χ4n) is 1.33. The number of aliphatic hydroxyl groups is 1. The fraction of sp³-hybridized carbons (Fsp3) is 0.833. The molecule has 102 valence electrons. The molecule has 0 radical (unpaired) electrons. The van der Waals surface area contributed by atoms with Crippen LogP contribution < -0.4 is 0 Å². The molecule has 0 saturated carbocycles. The summed E-state index contributed by atoms with van der Waals surface area (Å²) in [7, 11) is 1.87. The highest BCUT2D eigenvalue weighted by atomic mass is 35.5. The monoisotopic (exact) mass is 265 g/mol. The second kappa shape index (κ2) is 9.85. The molecule has 0 aromatic heterocycles. The van der Waals surface area contributed by atoms with E-state index in [1.54, 1.807) is 0 Å². The van der Waals surface area contributed by atoms with Gasteiger partial charge >= 0.3 is 0 Å². The summed E-state index contributed by atoms with van der Waals surface area (Å²) < 4.78 is 10.6. The summed E-state index contributed by atoms with van der Waals surface area (Å²) in [6, 6.07) is 0. The fourth-order valence-corrected chi connectivity index (χ4v) is 1.54. The lowest BCUT2D eigenvalue weighted by Crippen LogP contribution is -2.33. The minimum Gasteiger partial charge on any atom is -0.389 e. The van der Waals surface area contributed by atoms with E-state index in [0.717, 1.165) is 0 Å². The Morgan fingerprint density at radius 3 is 2.59 bits per heavy atom. The number of likely N-dealkylation sites (N-methyl/N-ethyl adjacent to an activating group) is 1. The van der Waals surface area contributed by atoms with Crippen LogP contribution in [0.1, 0.15) is 13.8 Å². The molecule has 0 saturated heterocycles. The van der Waals surface area contributed by atoms with Gasteiger partial charge in [-0.3, -0.25) is 4.90 Å². The van der Waals surface area contributed by atoms with Crippen molar-refractivity contribution in [3.63, 3.8) is 0 Å². The first-order valence-electron chi connectivity index (χ1n) is 5.81. The van der Waals surface area contributed by atoms with Crippen molar-refractivity contribution in [1.29, 1.82) is 0 Å². The molecule has 0 aromatic rings. The van der Waals surface area contributed by atoms with Gasteiger partial charge in [-0.05, 0) is 20.9 Å². The molecule has 0 aliphatic heterocycles. The number of ether oxygens (including phenoxy) is 2. The first-order chi connectivity index (χ1) is 7.91. The largest absolute Gasteiger partial charge is 0.389 e. The Hall–Kier alpha value is -0.130. The van der Waals surface area contributed by atoms with E-state index < -0.39 is 6.10 Å². The van der Waals surface area contributed by atoms with Crippen molar-refractivity contribution in [3.05, 3.63) is 11.6 Å². The molecule has 5 heteroatoms. The van der Waals surface area contributed by atoms with Gasteiger partial charge in [0.25, 0.3) is 0 Å². The minimum atomic E-state index is -0.518. The molecular weight excluding hydrogens is 242 g/mol. The summed E-state index contributed by atoms with van der Waals surface area (Å²) in [5.74, 6) is 0. The van der Waals surface area contributed by atoms with Crippen LogP contribution in [0.3, 0.4) is 0 Å². The molecule has 0 rings (SSSR count). The Morgan fingerprint density at radius 1 is 1.41 bits per heavy atom. The average Bonchev–Trinajstić information content (AvgIpc) is 2.14. The Labute approximate surface area is 109 Å². The zero-order valence-electron chi connectivity index (χ0n) is 11.0. The average molecular weight is 266 g/mol. The minimum absolute atomic E-state index is 0.212. The van der Waals surface area contributed by atoms with Crippen LogP contribution in [-0.2, 0) is 9.47 Å². The molecule has 1 unspecified atom stereocenters. The van der Waals surface area contributed by atoms with Gasteiger partial charge in [0.2, 0.25) is 0 Å². The van der Waals surface area contributed by atoms with Gasteiger partial charge in [-0.1, -0.05) is 18.2 Å². The maximum Gasteiger partial charge on any atom is 0.0900 e. The standard InChI is InChI=1S/C12H24ClNO3/c1-10(2)17-6-5-16-9-12(15)8-14(4)7-11(3)13/h10,12,15H,3,5-9H2,1-2,4H3. The van der Waals surface area contributed by atoms with Crippen LogP contribution in [0.25, 0.3) is 0 Å². The Morgan fingerprint density at radius 2 is 2.06 bits per heavy atom. The zero-order valence-corrected chi connectivity index (χ0v) is 11.7. The Kier molecular flexibility index (Phi) is 9.78. The van der Waals surface area contributed by atoms with Gasteiger partial charge in [0.15, 0.2) is 0 Å². The number of rotatable bonds is 10. The third-order valence-electron chi connectivity index (χ3n) is 1.95. The molecule has 0 heterocycles. The lowest BCUT2D eigenvalue weighted by atomic mass is 10.3. The second-order valence-corrected chi connectivity index (χ2v) is 4.90. The highest BCUT2D eigenvalue weighted by Crippen LogP contribution is 2.00. The Bertz CT molecular complexity index is 212. The van der Waals surface area contributed by atoms with Crippen LogP contribution in [0.5, 0.6) is 0 Å². The molecule has 4 nitrogen and oxygen atoms in total. The van der Waals surface area contributed by atoms with Crippen LogP contribution in [0.4, 0.5) is 0 Å². The van der Waals surface area contributed by atoms with E-state index in [1.807, 2.05) is 25.8 Å². The third-order valence-corrected chi connectivity index (χ3v) is 2.07. The first kappa shape index (κ1) is 16.9. The number of nitrogens with zero attached hydrogens (tertiary/aromatic N) is 1. The van der Waals surface area contributed by atoms with Crippen LogP contribution in [0.2, 0.25) is 0 Å². The second-order valence-electron chi connectivity index (χ2n) is 4.36. The summed E-state index contributed by atoms with van der Waals surface area (Å²) in [4.78, 5) is 1.90. The highest BCUT2D eigenvalue weighted by Gasteiger charge is 2.08. The van der Waals surface area contributed by atoms with E-state index in [1.165, 1.54) is 0 Å². The molecule has 0 aromatic carbocycles. The van der Waals surface area contributed by atoms with Crippen LogP contribution in [-0.4, -0.2) is 62.2 Å². The van der Waals surface area contributed by atoms with Crippen LogP contribution in [0.15, 0.2) is 11.6 Å². The van der Waals surface area contributed by atoms with E-state index in [2.05, 4.69) is 6.58 Å². The lowest BCUT2D eigenvalue weighted by Gasteiger charge is -2.20. The number of hydrogen-bond donors (Lipinski definition) is 1. The maximum atomic E-state index is 9.66. The first-order valence-corrected chi connectivity index (χ1v) is 6.18. The van der Waals surface area contributed by atoms with E-state index in [0.29, 0.717) is 37.9 Å². The molecule has 1 atom stereocenters. The quantitative estimate of drug-likeness (QED) is 0.608. The number of aliphatic hydroxyl groups excluding tert-OH is 1. The lowest BCUT2D eigenvalue weighted by molar-refractivity contribution is -0.0163. The van der Waals surface area contributed by atoms with E-state index in [-0.39, 0.29) is 6.10 Å².